The summed E-state index contributed by atoms with van der Waals surface area (Å²) in [7, 11) is 0. The number of phenols is 3. The molecule has 0 unspecified atom stereocenters. The number of hydrogen-bond acceptors (Lipinski definition) is 10. The molecule has 0 aliphatic carbocycles. The lowest BCUT2D eigenvalue weighted by Gasteiger charge is -2.36. The molecule has 0 aliphatic heterocycles. The second kappa shape index (κ2) is 8.97. The van der Waals surface area contributed by atoms with E-state index in [-0.39, 0.29) is 16.9 Å². The summed E-state index contributed by atoms with van der Waals surface area (Å²) in [4.78, 5) is 34.9. The molecule has 10 nitrogen and oxygen atoms in total. The van der Waals surface area contributed by atoms with Crippen molar-refractivity contribution < 1.29 is 49.8 Å². The van der Waals surface area contributed by atoms with Crippen molar-refractivity contribution in [2.75, 3.05) is 0 Å². The van der Waals surface area contributed by atoms with Crippen LogP contribution in [0.3, 0.4) is 0 Å². The fourth-order valence-electron chi connectivity index (χ4n) is 2.50. The van der Waals surface area contributed by atoms with Crippen LogP contribution < -0.4 is 10.2 Å². The van der Waals surface area contributed by atoms with Gasteiger partial charge in [-0.25, -0.2) is 4.79 Å². The quantitative estimate of drug-likeness (QED) is 0.217. The summed E-state index contributed by atoms with van der Waals surface area (Å²) < 4.78 is 4.59. The van der Waals surface area contributed by atoms with Gasteiger partial charge < -0.3 is 45.0 Å². The number of aliphatic carboxylic acids is 2. The Morgan fingerprint density at radius 1 is 1.00 bits per heavy atom. The van der Waals surface area contributed by atoms with Gasteiger partial charge in [0, 0.05) is 12.5 Å². The van der Waals surface area contributed by atoms with Crippen LogP contribution in [0.4, 0.5) is 0 Å². The SMILES string of the molecule is O=C(/C=C/c1ccc(O)c(O)c1)O[C@H](C(=O)[O-])[C@](O)(Cc1ccc(O)cc1)C(=O)[O-]. The van der Waals surface area contributed by atoms with Gasteiger partial charge in [0.1, 0.15) is 11.4 Å². The Kier molecular flexibility index (Phi) is 6.65. The Morgan fingerprint density at radius 2 is 1.63 bits per heavy atom. The molecule has 4 N–H and O–H groups in total. The molecule has 0 aromatic heterocycles. The minimum absolute atomic E-state index is 0.108. The van der Waals surface area contributed by atoms with Crippen LogP contribution in [-0.4, -0.2) is 50.0 Å². The van der Waals surface area contributed by atoms with Crippen LogP contribution in [0.15, 0.2) is 48.5 Å². The first-order valence-corrected chi connectivity index (χ1v) is 8.36. The lowest BCUT2D eigenvalue weighted by atomic mass is 9.88. The predicted molar refractivity (Wildman–Crippen MR) is 95.5 cm³/mol. The number of aliphatic hydroxyl groups is 1. The molecule has 0 amide bonds. The molecular formula is C20H16O10-2. The number of hydrogen-bond donors (Lipinski definition) is 4. The van der Waals surface area contributed by atoms with Crippen LogP contribution >= 0.6 is 0 Å². The standard InChI is InChI=1S/C20H18O10/c21-13-5-1-12(2-6-13)10-20(29,19(27)28)17(18(25)26)30-16(24)8-4-11-3-7-14(22)15(23)9-11/h1-9,17,21-23,29H,10H2,(H,25,26)(H,27,28)/p-2/b8-4+/t17-,20-/m1/s1. The molecule has 2 rings (SSSR count). The average molecular weight is 416 g/mol. The monoisotopic (exact) mass is 416 g/mol. The van der Waals surface area contributed by atoms with Crippen molar-refractivity contribution >= 4 is 24.0 Å². The summed E-state index contributed by atoms with van der Waals surface area (Å²) in [6.45, 7) is 0. The molecule has 30 heavy (non-hydrogen) atoms. The van der Waals surface area contributed by atoms with Gasteiger partial charge in [0.25, 0.3) is 0 Å². The average Bonchev–Trinajstić information content (AvgIpc) is 2.68. The summed E-state index contributed by atoms with van der Waals surface area (Å²) >= 11 is 0. The van der Waals surface area contributed by atoms with Gasteiger partial charge in [-0.1, -0.05) is 18.2 Å². The van der Waals surface area contributed by atoms with Crippen molar-refractivity contribution in [1.29, 1.82) is 0 Å². The van der Waals surface area contributed by atoms with E-state index in [2.05, 4.69) is 4.74 Å². The van der Waals surface area contributed by atoms with Crippen molar-refractivity contribution in [3.63, 3.8) is 0 Å². The predicted octanol–water partition coefficient (Wildman–Crippen LogP) is -1.80. The lowest BCUT2D eigenvalue weighted by Crippen LogP contribution is -2.64. The molecule has 2 aromatic carbocycles. The number of benzene rings is 2. The van der Waals surface area contributed by atoms with Gasteiger partial charge in [-0.05, 0) is 41.5 Å². The Balaban J connectivity index is 2.24. The van der Waals surface area contributed by atoms with Crippen molar-refractivity contribution in [3.8, 4) is 17.2 Å². The summed E-state index contributed by atoms with van der Waals surface area (Å²) in [6, 6.07) is 8.37. The highest BCUT2D eigenvalue weighted by molar-refractivity contribution is 5.92. The highest BCUT2D eigenvalue weighted by Gasteiger charge is 2.42. The molecule has 2 aromatic rings. The highest BCUT2D eigenvalue weighted by Crippen LogP contribution is 2.26. The van der Waals surface area contributed by atoms with E-state index in [0.717, 1.165) is 24.3 Å². The molecule has 0 aliphatic rings. The van der Waals surface area contributed by atoms with E-state index in [1.165, 1.54) is 30.3 Å². The van der Waals surface area contributed by atoms with Crippen LogP contribution in [0.1, 0.15) is 11.1 Å². The molecule has 2 atom stereocenters. The van der Waals surface area contributed by atoms with Gasteiger partial charge >= 0.3 is 5.97 Å². The highest BCUT2D eigenvalue weighted by atomic mass is 16.6. The lowest BCUT2D eigenvalue weighted by molar-refractivity contribution is -0.345. The molecule has 0 fully saturated rings. The van der Waals surface area contributed by atoms with Crippen LogP contribution in [-0.2, 0) is 25.5 Å². The molecule has 0 saturated carbocycles. The van der Waals surface area contributed by atoms with Crippen molar-refractivity contribution in [2.45, 2.75) is 18.1 Å². The second-order valence-corrected chi connectivity index (χ2v) is 6.27. The third-order valence-electron chi connectivity index (χ3n) is 4.06. The zero-order valence-corrected chi connectivity index (χ0v) is 15.2. The summed E-state index contributed by atoms with van der Waals surface area (Å²) in [5.74, 6) is -6.75. The van der Waals surface area contributed by atoms with Gasteiger partial charge in [-0.15, -0.1) is 0 Å². The molecule has 0 heterocycles. The topological polar surface area (TPSA) is 187 Å². The minimum atomic E-state index is -3.17. The number of phenolic OH excluding ortho intramolecular Hbond substituents is 3. The molecule has 0 radical (unpaired) electrons. The maximum atomic E-state index is 12.0. The third kappa shape index (κ3) is 5.26. The van der Waals surface area contributed by atoms with Crippen LogP contribution in [0.5, 0.6) is 17.2 Å². The molecular weight excluding hydrogens is 400 g/mol. The molecule has 10 heteroatoms. The molecule has 0 spiro atoms. The smallest absolute Gasteiger partial charge is 0.331 e. The van der Waals surface area contributed by atoms with Crippen LogP contribution in [0.25, 0.3) is 6.08 Å². The van der Waals surface area contributed by atoms with E-state index in [0.29, 0.717) is 0 Å². The largest absolute Gasteiger partial charge is 0.547 e. The van der Waals surface area contributed by atoms with E-state index < -0.39 is 47.5 Å². The normalized spacial score (nSPS) is 14.0. The number of ether oxygens (including phenoxy) is 1. The van der Waals surface area contributed by atoms with E-state index in [4.69, 9.17) is 0 Å². The zero-order chi connectivity index (χ0) is 22.5. The summed E-state index contributed by atoms with van der Waals surface area (Å²) in [5.41, 5.74) is -2.83. The van der Waals surface area contributed by atoms with Crippen LogP contribution in [0.2, 0.25) is 0 Å². The fraction of sp³-hybridized carbons (Fsp3) is 0.150. The maximum absolute atomic E-state index is 12.0. The van der Waals surface area contributed by atoms with Crippen molar-refractivity contribution in [3.05, 3.63) is 59.7 Å². The number of carboxylic acid groups (broad SMARTS) is 2. The van der Waals surface area contributed by atoms with E-state index >= 15 is 0 Å². The number of aromatic hydroxyl groups is 3. The fourth-order valence-corrected chi connectivity index (χ4v) is 2.50. The van der Waals surface area contributed by atoms with Gasteiger partial charge in [0.05, 0.1) is 11.9 Å². The van der Waals surface area contributed by atoms with E-state index in [1.807, 2.05) is 0 Å². The Hall–Kier alpha value is -4.05. The number of rotatable bonds is 8. The second-order valence-electron chi connectivity index (χ2n) is 6.27. The van der Waals surface area contributed by atoms with Gasteiger partial charge in [0.2, 0.25) is 0 Å². The van der Waals surface area contributed by atoms with Crippen molar-refractivity contribution in [1.82, 2.24) is 0 Å². The minimum Gasteiger partial charge on any atom is -0.547 e. The van der Waals surface area contributed by atoms with Crippen LogP contribution in [0, 0.1) is 0 Å². The first-order valence-electron chi connectivity index (χ1n) is 8.36. The molecule has 0 saturated heterocycles. The number of carbonyl (C=O) groups is 3. The Bertz CT molecular complexity index is 980. The van der Waals surface area contributed by atoms with E-state index in [1.54, 1.807) is 0 Å². The van der Waals surface area contributed by atoms with Gasteiger partial charge in [0.15, 0.2) is 17.6 Å². The molecule has 0 bridgehead atoms. The number of esters is 1. The van der Waals surface area contributed by atoms with Gasteiger partial charge in [-0.3, -0.25) is 0 Å². The Morgan fingerprint density at radius 3 is 2.17 bits per heavy atom. The zero-order valence-electron chi connectivity index (χ0n) is 15.2. The first-order chi connectivity index (χ1) is 14.0. The third-order valence-corrected chi connectivity index (χ3v) is 4.06. The Labute approximate surface area is 169 Å². The van der Waals surface area contributed by atoms with Gasteiger partial charge in [-0.2, -0.15) is 0 Å². The summed E-state index contributed by atoms with van der Waals surface area (Å²) in [6.07, 6.45) is -1.64. The first kappa shape index (κ1) is 22.2. The summed E-state index contributed by atoms with van der Waals surface area (Å²) in [5, 5.41) is 61.3. The van der Waals surface area contributed by atoms with E-state index in [9.17, 15) is 45.0 Å². The number of carboxylic acids is 2. The maximum Gasteiger partial charge on any atom is 0.331 e. The van der Waals surface area contributed by atoms with Crippen molar-refractivity contribution in [2.24, 2.45) is 0 Å². The molecule has 158 valence electrons. The number of carbonyl (C=O) groups excluding carboxylic acids is 3.